The Hall–Kier alpha value is -0.0400. The van der Waals surface area contributed by atoms with Gasteiger partial charge in [0.1, 0.15) is 0 Å². The summed E-state index contributed by atoms with van der Waals surface area (Å²) in [6.45, 7) is 0. The van der Waals surface area contributed by atoms with Crippen LogP contribution >= 0.6 is 0 Å². The largest absolute Gasteiger partial charge is 0.316 e. The maximum atomic E-state index is 3.56. The lowest BCUT2D eigenvalue weighted by atomic mass is 9.89. The van der Waals surface area contributed by atoms with Gasteiger partial charge in [0.2, 0.25) is 0 Å². The molecule has 13 heavy (non-hydrogen) atoms. The molecule has 2 fully saturated rings. The van der Waals surface area contributed by atoms with E-state index in [1.54, 1.807) is 0 Å². The van der Waals surface area contributed by atoms with E-state index in [1.807, 2.05) is 0 Å². The SMILES string of the molecule is CNC(C1CCCCCC1)C1CC1. The van der Waals surface area contributed by atoms with Gasteiger partial charge < -0.3 is 5.32 Å². The average Bonchev–Trinajstić information content (AvgIpc) is 2.92. The van der Waals surface area contributed by atoms with E-state index in [0.717, 1.165) is 17.9 Å². The summed E-state index contributed by atoms with van der Waals surface area (Å²) in [5.41, 5.74) is 0. The smallest absolute Gasteiger partial charge is 0.0121 e. The Morgan fingerprint density at radius 1 is 0.846 bits per heavy atom. The maximum Gasteiger partial charge on any atom is 0.0121 e. The molecule has 0 amide bonds. The minimum atomic E-state index is 0.859. The molecule has 2 aliphatic rings. The summed E-state index contributed by atoms with van der Waals surface area (Å²) < 4.78 is 0. The first-order valence-electron chi connectivity index (χ1n) is 6.09. The van der Waals surface area contributed by atoms with Gasteiger partial charge in [-0.25, -0.2) is 0 Å². The van der Waals surface area contributed by atoms with E-state index < -0.39 is 0 Å². The molecule has 0 aromatic rings. The van der Waals surface area contributed by atoms with Gasteiger partial charge in [-0.3, -0.25) is 0 Å². The minimum Gasteiger partial charge on any atom is -0.316 e. The average molecular weight is 181 g/mol. The van der Waals surface area contributed by atoms with Crippen molar-refractivity contribution in [1.82, 2.24) is 5.32 Å². The fourth-order valence-corrected chi connectivity index (χ4v) is 2.98. The number of rotatable bonds is 3. The van der Waals surface area contributed by atoms with Crippen LogP contribution in [-0.2, 0) is 0 Å². The highest BCUT2D eigenvalue weighted by atomic mass is 14.9. The van der Waals surface area contributed by atoms with E-state index in [9.17, 15) is 0 Å². The van der Waals surface area contributed by atoms with Gasteiger partial charge in [0.05, 0.1) is 0 Å². The maximum absolute atomic E-state index is 3.56. The summed E-state index contributed by atoms with van der Waals surface area (Å²) in [5.74, 6) is 2.04. The van der Waals surface area contributed by atoms with Crippen LogP contribution in [0.1, 0.15) is 51.4 Å². The van der Waals surface area contributed by atoms with E-state index in [4.69, 9.17) is 0 Å². The van der Waals surface area contributed by atoms with E-state index >= 15 is 0 Å². The number of hydrogen-bond acceptors (Lipinski definition) is 1. The van der Waals surface area contributed by atoms with Gasteiger partial charge in [0.15, 0.2) is 0 Å². The predicted octanol–water partition coefficient (Wildman–Crippen LogP) is 2.95. The zero-order valence-corrected chi connectivity index (χ0v) is 8.89. The molecule has 2 aliphatic carbocycles. The normalized spacial score (nSPS) is 28.4. The zero-order chi connectivity index (χ0) is 9.10. The third-order valence-electron chi connectivity index (χ3n) is 3.87. The highest BCUT2D eigenvalue weighted by Crippen LogP contribution is 2.39. The molecule has 76 valence electrons. The molecule has 1 N–H and O–H groups in total. The summed E-state index contributed by atoms with van der Waals surface area (Å²) in [4.78, 5) is 0. The highest BCUT2D eigenvalue weighted by molar-refractivity contribution is 4.90. The molecule has 0 aromatic heterocycles. The summed E-state index contributed by atoms with van der Waals surface area (Å²) in [6, 6.07) is 0.859. The molecular weight excluding hydrogens is 158 g/mol. The first kappa shape index (κ1) is 9.51. The Balaban J connectivity index is 1.87. The second kappa shape index (κ2) is 4.45. The van der Waals surface area contributed by atoms with E-state index in [1.165, 1.54) is 51.4 Å². The van der Waals surface area contributed by atoms with Crippen LogP contribution in [0.25, 0.3) is 0 Å². The topological polar surface area (TPSA) is 12.0 Å². The highest BCUT2D eigenvalue weighted by Gasteiger charge is 2.35. The van der Waals surface area contributed by atoms with Crippen molar-refractivity contribution in [2.45, 2.75) is 57.4 Å². The van der Waals surface area contributed by atoms with Gasteiger partial charge in [-0.15, -0.1) is 0 Å². The molecule has 1 unspecified atom stereocenters. The van der Waals surface area contributed by atoms with Gasteiger partial charge in [-0.1, -0.05) is 25.7 Å². The van der Waals surface area contributed by atoms with Gasteiger partial charge in [-0.05, 0) is 44.6 Å². The van der Waals surface area contributed by atoms with Gasteiger partial charge >= 0.3 is 0 Å². The van der Waals surface area contributed by atoms with Crippen LogP contribution in [0.5, 0.6) is 0 Å². The lowest BCUT2D eigenvalue weighted by molar-refractivity contribution is 0.306. The fourth-order valence-electron chi connectivity index (χ4n) is 2.98. The Bertz CT molecular complexity index is 143. The van der Waals surface area contributed by atoms with Crippen molar-refractivity contribution >= 4 is 0 Å². The Morgan fingerprint density at radius 2 is 1.38 bits per heavy atom. The van der Waals surface area contributed by atoms with Crippen molar-refractivity contribution in [1.29, 1.82) is 0 Å². The molecule has 1 nitrogen and oxygen atoms in total. The third-order valence-corrected chi connectivity index (χ3v) is 3.87. The first-order chi connectivity index (χ1) is 6.42. The summed E-state index contributed by atoms with van der Waals surface area (Å²) in [6.07, 6.45) is 11.9. The van der Waals surface area contributed by atoms with Crippen LogP contribution in [0.15, 0.2) is 0 Å². The molecule has 1 atom stereocenters. The van der Waals surface area contributed by atoms with E-state index in [-0.39, 0.29) is 0 Å². The van der Waals surface area contributed by atoms with Crippen molar-refractivity contribution in [3.63, 3.8) is 0 Å². The van der Waals surface area contributed by atoms with Crippen LogP contribution in [0.3, 0.4) is 0 Å². The van der Waals surface area contributed by atoms with Crippen LogP contribution in [0.4, 0.5) is 0 Å². The van der Waals surface area contributed by atoms with Crippen molar-refractivity contribution in [2.75, 3.05) is 7.05 Å². The molecule has 0 bridgehead atoms. The second-order valence-corrected chi connectivity index (χ2v) is 4.90. The molecule has 1 heteroatoms. The summed E-state index contributed by atoms with van der Waals surface area (Å²) >= 11 is 0. The van der Waals surface area contributed by atoms with Gasteiger partial charge in [-0.2, -0.15) is 0 Å². The van der Waals surface area contributed by atoms with Gasteiger partial charge in [0, 0.05) is 6.04 Å². The molecule has 0 aliphatic heterocycles. The Morgan fingerprint density at radius 3 is 1.85 bits per heavy atom. The quantitative estimate of drug-likeness (QED) is 0.660. The molecule has 2 rings (SSSR count). The molecule has 0 heterocycles. The van der Waals surface area contributed by atoms with Crippen LogP contribution in [0, 0.1) is 11.8 Å². The molecule has 0 radical (unpaired) electrons. The minimum absolute atomic E-state index is 0.859. The lowest BCUT2D eigenvalue weighted by Gasteiger charge is -2.25. The zero-order valence-electron chi connectivity index (χ0n) is 8.89. The predicted molar refractivity (Wildman–Crippen MR) is 56.8 cm³/mol. The van der Waals surface area contributed by atoms with Crippen molar-refractivity contribution in [3.05, 3.63) is 0 Å². The van der Waals surface area contributed by atoms with Crippen LogP contribution < -0.4 is 5.32 Å². The molecular formula is C12H23N. The molecule has 0 saturated heterocycles. The Labute approximate surface area is 82.3 Å². The van der Waals surface area contributed by atoms with E-state index in [0.29, 0.717) is 0 Å². The number of nitrogens with one attached hydrogen (secondary N) is 1. The van der Waals surface area contributed by atoms with Crippen LogP contribution in [-0.4, -0.2) is 13.1 Å². The van der Waals surface area contributed by atoms with Crippen LogP contribution in [0.2, 0.25) is 0 Å². The summed E-state index contributed by atoms with van der Waals surface area (Å²) in [5, 5.41) is 3.56. The van der Waals surface area contributed by atoms with Gasteiger partial charge in [0.25, 0.3) is 0 Å². The molecule has 0 spiro atoms. The third kappa shape index (κ3) is 2.46. The fraction of sp³-hybridized carbons (Fsp3) is 1.00. The molecule has 0 aromatic carbocycles. The van der Waals surface area contributed by atoms with Crippen molar-refractivity contribution in [2.24, 2.45) is 11.8 Å². The number of hydrogen-bond donors (Lipinski definition) is 1. The first-order valence-corrected chi connectivity index (χ1v) is 6.09. The Kier molecular flexibility index (Phi) is 3.26. The monoisotopic (exact) mass is 181 g/mol. The summed E-state index contributed by atoms with van der Waals surface area (Å²) in [7, 11) is 2.16. The second-order valence-electron chi connectivity index (χ2n) is 4.90. The standard InChI is InChI=1S/C12H23N/c1-13-12(11-8-9-11)10-6-4-2-3-5-7-10/h10-13H,2-9H2,1H3. The molecule has 2 saturated carbocycles. The lowest BCUT2D eigenvalue weighted by Crippen LogP contribution is -2.35. The van der Waals surface area contributed by atoms with Crippen molar-refractivity contribution in [3.8, 4) is 0 Å². The van der Waals surface area contributed by atoms with Crippen molar-refractivity contribution < 1.29 is 0 Å². The van der Waals surface area contributed by atoms with E-state index in [2.05, 4.69) is 12.4 Å².